The van der Waals surface area contributed by atoms with Crippen molar-refractivity contribution in [3.63, 3.8) is 0 Å². The van der Waals surface area contributed by atoms with Crippen LogP contribution in [0.15, 0.2) is 0 Å². The van der Waals surface area contributed by atoms with Crippen LogP contribution >= 0.6 is 0 Å². The van der Waals surface area contributed by atoms with Crippen LogP contribution in [0.3, 0.4) is 0 Å². The molecule has 102 valence electrons. The van der Waals surface area contributed by atoms with E-state index in [1.165, 1.54) is 0 Å². The van der Waals surface area contributed by atoms with E-state index in [4.69, 9.17) is 23.6 Å². The topological polar surface area (TPSA) is 71.7 Å². The number of aliphatic hydroxyl groups excluding tert-OH is 1. The average molecular weight is 263 g/mol. The summed E-state index contributed by atoms with van der Waals surface area (Å²) in [5, 5.41) is 13.8. The minimum atomic E-state index is -2.32. The fraction of sp³-hybridized carbons (Fsp3) is 0.909. The summed E-state index contributed by atoms with van der Waals surface area (Å²) >= 11 is 0. The monoisotopic (exact) mass is 263 g/mol. The average Bonchev–Trinajstić information content (AvgIpc) is 2.29. The van der Waals surface area contributed by atoms with E-state index in [1.807, 2.05) is 20.8 Å². The Labute approximate surface area is 106 Å². The highest BCUT2D eigenvalue weighted by molar-refractivity contribution is 6.60. The molecule has 0 fully saturated rings. The summed E-state index contributed by atoms with van der Waals surface area (Å²) < 4.78 is 17.1. The second-order valence-corrected chi connectivity index (χ2v) is 5.92. The molecule has 0 aliphatic rings. The summed E-state index contributed by atoms with van der Waals surface area (Å²) in [6.45, 7) is 10.2. The lowest BCUT2D eigenvalue weighted by Gasteiger charge is -2.28. The van der Waals surface area contributed by atoms with Crippen LogP contribution in [-0.2, 0) is 13.3 Å². The lowest BCUT2D eigenvalue weighted by molar-refractivity contribution is 0.0708. The van der Waals surface area contributed by atoms with Crippen molar-refractivity contribution in [1.29, 1.82) is 5.26 Å². The van der Waals surface area contributed by atoms with E-state index in [0.717, 1.165) is 25.1 Å². The van der Waals surface area contributed by atoms with Crippen molar-refractivity contribution < 1.29 is 18.4 Å². The van der Waals surface area contributed by atoms with Gasteiger partial charge in [0.15, 0.2) is 0 Å². The van der Waals surface area contributed by atoms with Gasteiger partial charge in [0.25, 0.3) is 6.26 Å². The van der Waals surface area contributed by atoms with Gasteiger partial charge in [-0.05, 0) is 27.2 Å². The summed E-state index contributed by atoms with van der Waals surface area (Å²) in [4.78, 5) is 0. The molecule has 0 spiro atoms. The van der Waals surface area contributed by atoms with Gasteiger partial charge >= 0.3 is 8.80 Å². The molecule has 0 unspecified atom stereocenters. The fourth-order valence-electron chi connectivity index (χ4n) is 1.39. The van der Waals surface area contributed by atoms with Crippen LogP contribution in [-0.4, -0.2) is 33.7 Å². The fourth-order valence-corrected chi connectivity index (χ4v) is 4.18. The van der Waals surface area contributed by atoms with E-state index in [1.54, 1.807) is 0 Å². The van der Waals surface area contributed by atoms with Gasteiger partial charge in [0.1, 0.15) is 0 Å². The van der Waals surface area contributed by atoms with Crippen molar-refractivity contribution in [3.05, 3.63) is 0 Å². The second kappa shape index (κ2) is 13.5. The number of aliphatic hydroxyl groups is 1. The van der Waals surface area contributed by atoms with Crippen LogP contribution in [0.2, 0.25) is 6.04 Å². The standard InChI is InChI=1S/C10H24O3Si.CHNO/c1-5-9-10-14(11-6-2,12-7-3)13-8-4;2-1-3/h5-10H2,1-4H3;3H. The van der Waals surface area contributed by atoms with Gasteiger partial charge in [-0.3, -0.25) is 0 Å². The Bertz CT molecular complexity index is 179. The van der Waals surface area contributed by atoms with Crippen molar-refractivity contribution in [2.24, 2.45) is 0 Å². The SMILES string of the molecule is CCCC[Si](OCC)(OCC)OCC.N#CO. The van der Waals surface area contributed by atoms with Gasteiger partial charge in [-0.1, -0.05) is 13.3 Å². The smallest absolute Gasteiger partial charge is 0.443 e. The number of rotatable bonds is 9. The maximum absolute atomic E-state index is 6.88. The van der Waals surface area contributed by atoms with E-state index < -0.39 is 8.80 Å². The summed E-state index contributed by atoms with van der Waals surface area (Å²) in [5.74, 6) is 0. The van der Waals surface area contributed by atoms with Crippen LogP contribution in [0.4, 0.5) is 0 Å². The van der Waals surface area contributed by atoms with Crippen molar-refractivity contribution in [2.45, 2.75) is 46.6 Å². The molecule has 0 saturated heterocycles. The first kappa shape index (κ1) is 18.7. The van der Waals surface area contributed by atoms with Gasteiger partial charge in [-0.25, -0.2) is 0 Å². The highest BCUT2D eigenvalue weighted by Gasteiger charge is 2.39. The molecule has 0 aliphatic heterocycles. The molecule has 5 nitrogen and oxygen atoms in total. The van der Waals surface area contributed by atoms with Crippen LogP contribution in [0.5, 0.6) is 0 Å². The molecule has 0 bridgehead atoms. The highest BCUT2D eigenvalue weighted by atomic mass is 28.4. The lowest BCUT2D eigenvalue weighted by atomic mass is 10.4. The van der Waals surface area contributed by atoms with Gasteiger partial charge in [0.05, 0.1) is 0 Å². The van der Waals surface area contributed by atoms with E-state index in [9.17, 15) is 0 Å². The molecular weight excluding hydrogens is 238 g/mol. The summed E-state index contributed by atoms with van der Waals surface area (Å²) in [6, 6.07) is 0.943. The number of unbranched alkanes of at least 4 members (excludes halogenated alkanes) is 1. The molecular formula is C11H25NO4Si. The normalized spacial score (nSPS) is 10.3. The molecule has 0 amide bonds. The molecule has 0 aliphatic carbocycles. The predicted octanol–water partition coefficient (Wildman–Crippen LogP) is 2.67. The Kier molecular flexibility index (Phi) is 14.8. The Morgan fingerprint density at radius 2 is 1.35 bits per heavy atom. The van der Waals surface area contributed by atoms with Crippen LogP contribution in [0.25, 0.3) is 0 Å². The first-order chi connectivity index (χ1) is 8.16. The van der Waals surface area contributed by atoms with Crippen LogP contribution in [0.1, 0.15) is 40.5 Å². The van der Waals surface area contributed by atoms with E-state index >= 15 is 0 Å². The molecule has 0 atom stereocenters. The number of hydrogen-bond acceptors (Lipinski definition) is 5. The zero-order valence-corrected chi connectivity index (χ0v) is 12.4. The zero-order chi connectivity index (χ0) is 13.6. The minimum absolute atomic E-state index is 0.677. The number of hydrogen-bond donors (Lipinski definition) is 1. The van der Waals surface area contributed by atoms with E-state index in [-0.39, 0.29) is 0 Å². The third kappa shape index (κ3) is 10.3. The van der Waals surface area contributed by atoms with Gasteiger partial charge in [-0.15, -0.1) is 0 Å². The maximum atomic E-state index is 6.88. The Morgan fingerprint density at radius 3 is 1.59 bits per heavy atom. The Hall–Kier alpha value is -0.613. The third-order valence-electron chi connectivity index (χ3n) is 1.93. The quantitative estimate of drug-likeness (QED) is 0.511. The number of nitriles is 1. The highest BCUT2D eigenvalue weighted by Crippen LogP contribution is 2.18. The van der Waals surface area contributed by atoms with Crippen LogP contribution < -0.4 is 0 Å². The maximum Gasteiger partial charge on any atom is 0.500 e. The van der Waals surface area contributed by atoms with Gasteiger partial charge in [0, 0.05) is 25.9 Å². The molecule has 0 aromatic rings. The van der Waals surface area contributed by atoms with Gasteiger partial charge < -0.3 is 18.4 Å². The van der Waals surface area contributed by atoms with Crippen molar-refractivity contribution >= 4 is 8.80 Å². The third-order valence-corrected chi connectivity index (χ3v) is 5.08. The van der Waals surface area contributed by atoms with Gasteiger partial charge in [-0.2, -0.15) is 5.26 Å². The Morgan fingerprint density at radius 1 is 1.00 bits per heavy atom. The Balaban J connectivity index is 0. The molecule has 0 rings (SSSR count). The zero-order valence-electron chi connectivity index (χ0n) is 11.4. The first-order valence-corrected chi connectivity index (χ1v) is 8.04. The van der Waals surface area contributed by atoms with Crippen molar-refractivity contribution in [2.75, 3.05) is 19.8 Å². The molecule has 1 N–H and O–H groups in total. The number of nitrogens with zero attached hydrogens (tertiary/aromatic N) is 1. The predicted molar refractivity (Wildman–Crippen MR) is 67.9 cm³/mol. The van der Waals surface area contributed by atoms with E-state index in [0.29, 0.717) is 19.8 Å². The van der Waals surface area contributed by atoms with E-state index in [2.05, 4.69) is 6.92 Å². The summed E-state index contributed by atoms with van der Waals surface area (Å²) in [5.41, 5.74) is 0. The molecule has 17 heavy (non-hydrogen) atoms. The van der Waals surface area contributed by atoms with Crippen molar-refractivity contribution in [1.82, 2.24) is 0 Å². The molecule has 0 aromatic heterocycles. The molecule has 0 aromatic carbocycles. The molecule has 0 radical (unpaired) electrons. The second-order valence-electron chi connectivity index (χ2n) is 3.19. The van der Waals surface area contributed by atoms with Gasteiger partial charge in [0.2, 0.25) is 0 Å². The van der Waals surface area contributed by atoms with Crippen molar-refractivity contribution in [3.8, 4) is 6.26 Å². The first-order valence-electron chi connectivity index (χ1n) is 6.11. The lowest BCUT2D eigenvalue weighted by Crippen LogP contribution is -2.45. The summed E-state index contributed by atoms with van der Waals surface area (Å²) in [7, 11) is -2.32. The molecule has 6 heteroatoms. The molecule has 0 heterocycles. The van der Waals surface area contributed by atoms with Crippen LogP contribution in [0, 0.1) is 11.5 Å². The molecule has 0 saturated carbocycles. The largest absolute Gasteiger partial charge is 0.500 e. The minimum Gasteiger partial charge on any atom is -0.443 e. The summed E-state index contributed by atoms with van der Waals surface area (Å²) in [6.07, 6.45) is 3.02.